The number of carbonyl (C=O) groups is 1. The molecule has 0 spiro atoms. The summed E-state index contributed by atoms with van der Waals surface area (Å²) in [5, 5.41) is 12.7. The van der Waals surface area contributed by atoms with Crippen LogP contribution in [0.1, 0.15) is 33.6 Å². The lowest BCUT2D eigenvalue weighted by Crippen LogP contribution is -2.48. The molecule has 0 amide bonds. The number of methoxy groups -OCH3 is 1. The molecule has 3 atom stereocenters. The number of carboxylic acids is 1. The molecule has 116 valence electrons. The van der Waals surface area contributed by atoms with Crippen molar-refractivity contribution in [1.82, 2.24) is 9.97 Å². The Labute approximate surface area is 124 Å². The van der Waals surface area contributed by atoms with Gasteiger partial charge in [0, 0.05) is 18.3 Å². The van der Waals surface area contributed by atoms with Gasteiger partial charge in [0.2, 0.25) is 11.8 Å². The van der Waals surface area contributed by atoms with Gasteiger partial charge in [-0.1, -0.05) is 20.8 Å². The van der Waals surface area contributed by atoms with Crippen LogP contribution in [0.3, 0.4) is 0 Å². The monoisotopic (exact) mass is 293 g/mol. The zero-order valence-corrected chi connectivity index (χ0v) is 13.0. The number of ether oxygens (including phenoxy) is 1. The Morgan fingerprint density at radius 1 is 1.48 bits per heavy atom. The van der Waals surface area contributed by atoms with Gasteiger partial charge >= 0.3 is 5.97 Å². The molecule has 0 radical (unpaired) electrons. The molecule has 0 aliphatic heterocycles. The van der Waals surface area contributed by atoms with Crippen molar-refractivity contribution in [2.45, 2.75) is 39.7 Å². The average molecular weight is 293 g/mol. The highest BCUT2D eigenvalue weighted by Gasteiger charge is 2.46. The van der Waals surface area contributed by atoms with Gasteiger partial charge in [0.25, 0.3) is 0 Å². The second-order valence-electron chi connectivity index (χ2n) is 6.25. The first-order valence-electron chi connectivity index (χ1n) is 7.22. The highest BCUT2D eigenvalue weighted by molar-refractivity contribution is 5.71. The van der Waals surface area contributed by atoms with Crippen LogP contribution in [-0.2, 0) is 4.79 Å². The molecular formula is C15H23N3O3. The van der Waals surface area contributed by atoms with Crippen LogP contribution in [0.15, 0.2) is 12.3 Å². The quantitative estimate of drug-likeness (QED) is 0.887. The fourth-order valence-corrected chi connectivity index (χ4v) is 3.13. The first-order chi connectivity index (χ1) is 9.86. The van der Waals surface area contributed by atoms with Crippen LogP contribution in [0.2, 0.25) is 0 Å². The summed E-state index contributed by atoms with van der Waals surface area (Å²) in [4.78, 5) is 19.9. The van der Waals surface area contributed by atoms with Crippen molar-refractivity contribution in [1.29, 1.82) is 0 Å². The van der Waals surface area contributed by atoms with E-state index in [4.69, 9.17) is 4.74 Å². The molecule has 1 aromatic heterocycles. The van der Waals surface area contributed by atoms with Crippen LogP contribution in [0.5, 0.6) is 5.88 Å². The molecule has 1 fully saturated rings. The largest absolute Gasteiger partial charge is 0.481 e. The minimum Gasteiger partial charge on any atom is -0.481 e. The SMILES string of the molecule is COc1ccnc(NC2CCC(C(=O)O)C(C)(C)C2C)n1. The number of anilines is 1. The molecule has 2 rings (SSSR count). The van der Waals surface area contributed by atoms with Crippen LogP contribution < -0.4 is 10.1 Å². The third-order valence-corrected chi connectivity index (χ3v) is 4.89. The van der Waals surface area contributed by atoms with Gasteiger partial charge in [-0.25, -0.2) is 4.98 Å². The summed E-state index contributed by atoms with van der Waals surface area (Å²) in [7, 11) is 1.57. The van der Waals surface area contributed by atoms with Gasteiger partial charge in [-0.05, 0) is 24.2 Å². The average Bonchev–Trinajstić information content (AvgIpc) is 2.44. The van der Waals surface area contributed by atoms with E-state index in [1.54, 1.807) is 19.4 Å². The lowest BCUT2D eigenvalue weighted by molar-refractivity contribution is -0.149. The zero-order valence-electron chi connectivity index (χ0n) is 13.0. The van der Waals surface area contributed by atoms with E-state index in [0.717, 1.165) is 6.42 Å². The summed E-state index contributed by atoms with van der Waals surface area (Å²) >= 11 is 0. The second-order valence-corrected chi connectivity index (χ2v) is 6.25. The Hall–Kier alpha value is -1.85. The number of nitrogens with one attached hydrogen (secondary N) is 1. The van der Waals surface area contributed by atoms with Gasteiger partial charge in [0.15, 0.2) is 0 Å². The minimum atomic E-state index is -0.706. The molecule has 1 heterocycles. The van der Waals surface area contributed by atoms with E-state index in [1.807, 2.05) is 13.8 Å². The number of aromatic nitrogens is 2. The van der Waals surface area contributed by atoms with Crippen molar-refractivity contribution in [2.75, 3.05) is 12.4 Å². The Balaban J connectivity index is 2.13. The molecule has 1 aliphatic rings. The van der Waals surface area contributed by atoms with E-state index in [0.29, 0.717) is 18.2 Å². The lowest BCUT2D eigenvalue weighted by atomic mass is 9.61. The van der Waals surface area contributed by atoms with Crippen molar-refractivity contribution < 1.29 is 14.6 Å². The molecule has 1 aromatic rings. The number of aliphatic carboxylic acids is 1. The topological polar surface area (TPSA) is 84.3 Å². The number of rotatable bonds is 4. The summed E-state index contributed by atoms with van der Waals surface area (Å²) in [6.07, 6.45) is 3.10. The molecule has 1 saturated carbocycles. The normalized spacial score (nSPS) is 27.9. The van der Waals surface area contributed by atoms with Gasteiger partial charge in [0.1, 0.15) is 0 Å². The minimum absolute atomic E-state index is 0.155. The van der Waals surface area contributed by atoms with Crippen molar-refractivity contribution in [3.63, 3.8) is 0 Å². The standard InChI is InChI=1S/C15H23N3O3/c1-9-11(6-5-10(13(19)20)15(9,2)3)17-14-16-8-7-12(18-14)21-4/h7-11H,5-6H2,1-4H3,(H,19,20)(H,16,17,18). The first-order valence-corrected chi connectivity index (χ1v) is 7.22. The molecule has 0 bridgehead atoms. The third kappa shape index (κ3) is 3.09. The van der Waals surface area contributed by atoms with Crippen molar-refractivity contribution >= 4 is 11.9 Å². The predicted octanol–water partition coefficient (Wildman–Crippen LogP) is 2.42. The number of hydrogen-bond acceptors (Lipinski definition) is 5. The predicted molar refractivity (Wildman–Crippen MR) is 79.3 cm³/mol. The van der Waals surface area contributed by atoms with Gasteiger partial charge in [0.05, 0.1) is 13.0 Å². The fourth-order valence-electron chi connectivity index (χ4n) is 3.13. The van der Waals surface area contributed by atoms with E-state index in [-0.39, 0.29) is 23.3 Å². The number of nitrogens with zero attached hydrogens (tertiary/aromatic N) is 2. The van der Waals surface area contributed by atoms with Gasteiger partial charge in [-0.2, -0.15) is 4.98 Å². The van der Waals surface area contributed by atoms with Crippen LogP contribution in [0.4, 0.5) is 5.95 Å². The maximum atomic E-state index is 11.4. The van der Waals surface area contributed by atoms with Crippen molar-refractivity contribution in [3.05, 3.63) is 12.3 Å². The van der Waals surface area contributed by atoms with Crippen molar-refractivity contribution in [3.8, 4) is 5.88 Å². The fraction of sp³-hybridized carbons (Fsp3) is 0.667. The molecular weight excluding hydrogens is 270 g/mol. The Morgan fingerprint density at radius 2 is 2.19 bits per heavy atom. The molecule has 3 unspecified atom stereocenters. The molecule has 6 heteroatoms. The molecule has 1 aliphatic carbocycles. The Bertz CT molecular complexity index is 519. The zero-order chi connectivity index (χ0) is 15.6. The van der Waals surface area contributed by atoms with Crippen molar-refractivity contribution in [2.24, 2.45) is 17.3 Å². The number of hydrogen-bond donors (Lipinski definition) is 2. The lowest BCUT2D eigenvalue weighted by Gasteiger charge is -2.46. The summed E-state index contributed by atoms with van der Waals surface area (Å²) in [5.41, 5.74) is -0.277. The van der Waals surface area contributed by atoms with E-state index >= 15 is 0 Å². The summed E-state index contributed by atoms with van der Waals surface area (Å²) < 4.78 is 5.09. The molecule has 6 nitrogen and oxygen atoms in total. The van der Waals surface area contributed by atoms with Crippen LogP contribution in [0, 0.1) is 17.3 Å². The Morgan fingerprint density at radius 3 is 2.81 bits per heavy atom. The number of carboxylic acid groups (broad SMARTS) is 1. The van der Waals surface area contributed by atoms with E-state index in [1.165, 1.54) is 0 Å². The summed E-state index contributed by atoms with van der Waals surface area (Å²) in [6, 6.07) is 1.85. The van der Waals surface area contributed by atoms with Gasteiger partial charge in [-0.3, -0.25) is 4.79 Å². The third-order valence-electron chi connectivity index (χ3n) is 4.89. The highest BCUT2D eigenvalue weighted by atomic mass is 16.5. The maximum Gasteiger partial charge on any atom is 0.307 e. The summed E-state index contributed by atoms with van der Waals surface area (Å²) in [5.74, 6) is 0.219. The highest BCUT2D eigenvalue weighted by Crippen LogP contribution is 2.45. The molecule has 0 saturated heterocycles. The van der Waals surface area contributed by atoms with E-state index < -0.39 is 5.97 Å². The second kappa shape index (κ2) is 5.87. The van der Waals surface area contributed by atoms with Gasteiger partial charge < -0.3 is 15.2 Å². The van der Waals surface area contributed by atoms with Crippen LogP contribution >= 0.6 is 0 Å². The first kappa shape index (κ1) is 15.5. The molecule has 0 aromatic carbocycles. The van der Waals surface area contributed by atoms with Crippen LogP contribution in [0.25, 0.3) is 0 Å². The van der Waals surface area contributed by atoms with E-state index in [9.17, 15) is 9.90 Å². The van der Waals surface area contributed by atoms with Gasteiger partial charge in [-0.15, -0.1) is 0 Å². The summed E-state index contributed by atoms with van der Waals surface area (Å²) in [6.45, 7) is 6.14. The van der Waals surface area contributed by atoms with Crippen LogP contribution in [-0.4, -0.2) is 34.2 Å². The molecule has 21 heavy (non-hydrogen) atoms. The maximum absolute atomic E-state index is 11.4. The van der Waals surface area contributed by atoms with E-state index in [2.05, 4.69) is 22.2 Å². The molecule has 2 N–H and O–H groups in total. The smallest absolute Gasteiger partial charge is 0.307 e. The Kier molecular flexibility index (Phi) is 4.34.